The molecule has 2 N–H and O–H groups in total. The summed E-state index contributed by atoms with van der Waals surface area (Å²) >= 11 is 0. The molecule has 0 radical (unpaired) electrons. The zero-order valence-electron chi connectivity index (χ0n) is 20.2. The minimum Gasteiger partial charge on any atom is -0.368 e. The highest BCUT2D eigenvalue weighted by Gasteiger charge is 2.31. The van der Waals surface area contributed by atoms with Gasteiger partial charge >= 0.3 is 0 Å². The second-order valence-electron chi connectivity index (χ2n) is 10.1. The van der Waals surface area contributed by atoms with Gasteiger partial charge in [-0.3, -0.25) is 9.78 Å². The van der Waals surface area contributed by atoms with Crippen LogP contribution in [0.5, 0.6) is 0 Å². The van der Waals surface area contributed by atoms with Crippen molar-refractivity contribution in [2.45, 2.75) is 64.3 Å². The standard InChI is InChI=1S/C27H36N6O/c1-19-16-23(10-11-29-19)32-12-14-33(15-13-32)24-17-22(18-34)31-27(30-21-8-3-2-4-9-21)25(24)26(28)20-6-5-7-20/h10-11,16-18,20-21,28H,2-9,12-15H2,1H3,(H,30,31). The number of hydrogen-bond donors (Lipinski definition) is 2. The Kier molecular flexibility index (Phi) is 6.79. The van der Waals surface area contributed by atoms with Crippen LogP contribution in [0.25, 0.3) is 0 Å². The van der Waals surface area contributed by atoms with Gasteiger partial charge < -0.3 is 20.5 Å². The van der Waals surface area contributed by atoms with Crippen LogP contribution < -0.4 is 15.1 Å². The van der Waals surface area contributed by atoms with Gasteiger partial charge in [-0.15, -0.1) is 0 Å². The third-order valence-electron chi connectivity index (χ3n) is 7.73. The van der Waals surface area contributed by atoms with Gasteiger partial charge in [-0.25, -0.2) is 4.98 Å². The van der Waals surface area contributed by atoms with E-state index in [1.165, 1.54) is 31.4 Å². The molecule has 5 rings (SSSR count). The number of hydrogen-bond acceptors (Lipinski definition) is 7. The fourth-order valence-electron chi connectivity index (χ4n) is 5.50. The van der Waals surface area contributed by atoms with Crippen molar-refractivity contribution in [3.63, 3.8) is 0 Å². The fourth-order valence-corrected chi connectivity index (χ4v) is 5.50. The van der Waals surface area contributed by atoms with E-state index >= 15 is 0 Å². The molecule has 1 saturated heterocycles. The van der Waals surface area contributed by atoms with Gasteiger partial charge in [0.05, 0.1) is 11.3 Å². The number of carbonyl (C=O) groups excluding carboxylic acids is 1. The Morgan fingerprint density at radius 1 is 1.03 bits per heavy atom. The first kappa shape index (κ1) is 22.8. The SMILES string of the molecule is Cc1cc(N2CCN(c3cc(C=O)nc(NC4CCCCC4)c3C(=N)C3CCC3)CC2)ccn1. The summed E-state index contributed by atoms with van der Waals surface area (Å²) in [4.78, 5) is 25.6. The van der Waals surface area contributed by atoms with Crippen molar-refractivity contribution in [3.8, 4) is 0 Å². The Morgan fingerprint density at radius 3 is 2.41 bits per heavy atom. The van der Waals surface area contributed by atoms with E-state index in [0.717, 1.165) is 80.9 Å². The number of nitrogens with zero attached hydrogens (tertiary/aromatic N) is 4. The predicted octanol–water partition coefficient (Wildman–Crippen LogP) is 4.84. The minimum absolute atomic E-state index is 0.301. The summed E-state index contributed by atoms with van der Waals surface area (Å²) in [6.45, 7) is 5.50. The first-order valence-electron chi connectivity index (χ1n) is 12.9. The minimum atomic E-state index is 0.301. The van der Waals surface area contributed by atoms with Crippen LogP contribution in [-0.2, 0) is 0 Å². The van der Waals surface area contributed by atoms with Crippen LogP contribution in [0.2, 0.25) is 0 Å². The third-order valence-corrected chi connectivity index (χ3v) is 7.73. The van der Waals surface area contributed by atoms with Gasteiger partial charge in [-0.2, -0.15) is 0 Å². The largest absolute Gasteiger partial charge is 0.368 e. The summed E-state index contributed by atoms with van der Waals surface area (Å²) < 4.78 is 0. The zero-order valence-corrected chi connectivity index (χ0v) is 20.2. The lowest BCUT2D eigenvalue weighted by Gasteiger charge is -2.39. The van der Waals surface area contributed by atoms with Gasteiger partial charge in [-0.05, 0) is 50.8 Å². The first-order chi connectivity index (χ1) is 16.6. The number of anilines is 3. The highest BCUT2D eigenvalue weighted by atomic mass is 16.1. The lowest BCUT2D eigenvalue weighted by atomic mass is 9.79. The molecular formula is C27H36N6O. The van der Waals surface area contributed by atoms with Gasteiger partial charge in [0.15, 0.2) is 6.29 Å². The van der Waals surface area contributed by atoms with Crippen LogP contribution in [-0.4, -0.2) is 54.2 Å². The monoisotopic (exact) mass is 460 g/mol. The predicted molar refractivity (Wildman–Crippen MR) is 138 cm³/mol. The third kappa shape index (κ3) is 4.79. The topological polar surface area (TPSA) is 85.2 Å². The second kappa shape index (κ2) is 10.1. The summed E-state index contributed by atoms with van der Waals surface area (Å²) in [7, 11) is 0. The van der Waals surface area contributed by atoms with E-state index in [0.29, 0.717) is 23.4 Å². The van der Waals surface area contributed by atoms with E-state index in [2.05, 4.69) is 32.2 Å². The molecule has 0 spiro atoms. The number of piperazine rings is 1. The quantitative estimate of drug-likeness (QED) is 0.454. The molecule has 3 fully saturated rings. The molecule has 7 heteroatoms. The van der Waals surface area contributed by atoms with E-state index in [1.54, 1.807) is 0 Å². The first-order valence-corrected chi connectivity index (χ1v) is 12.9. The molecule has 0 amide bonds. The number of rotatable bonds is 7. The van der Waals surface area contributed by atoms with E-state index < -0.39 is 0 Å². The Morgan fingerprint density at radius 2 is 1.76 bits per heavy atom. The van der Waals surface area contributed by atoms with E-state index in [4.69, 9.17) is 10.4 Å². The maximum Gasteiger partial charge on any atom is 0.168 e. The van der Waals surface area contributed by atoms with Crippen molar-refractivity contribution in [3.05, 3.63) is 41.3 Å². The number of aromatic nitrogens is 2. The van der Waals surface area contributed by atoms with Gasteiger partial charge in [0.1, 0.15) is 11.5 Å². The summed E-state index contributed by atoms with van der Waals surface area (Å²) in [5.41, 5.74) is 5.30. The highest BCUT2D eigenvalue weighted by molar-refractivity contribution is 6.09. The molecule has 2 aromatic rings. The van der Waals surface area contributed by atoms with Crippen LogP contribution in [0.1, 0.15) is 73.1 Å². The van der Waals surface area contributed by atoms with Crippen molar-refractivity contribution >= 4 is 29.2 Å². The van der Waals surface area contributed by atoms with Gasteiger partial charge in [0, 0.05) is 61.4 Å². The Hall–Kier alpha value is -2.96. The molecule has 7 nitrogen and oxygen atoms in total. The maximum absolute atomic E-state index is 11.9. The van der Waals surface area contributed by atoms with Crippen molar-refractivity contribution in [2.75, 3.05) is 41.3 Å². The smallest absolute Gasteiger partial charge is 0.168 e. The lowest BCUT2D eigenvalue weighted by Crippen LogP contribution is -2.47. The van der Waals surface area contributed by atoms with Crippen LogP contribution in [0.15, 0.2) is 24.4 Å². The normalized spacial score (nSPS) is 19.6. The summed E-state index contributed by atoms with van der Waals surface area (Å²) in [6, 6.07) is 6.49. The molecule has 0 bridgehead atoms. The Labute approximate surface area is 202 Å². The average molecular weight is 461 g/mol. The molecule has 3 heterocycles. The average Bonchev–Trinajstić information content (AvgIpc) is 2.83. The van der Waals surface area contributed by atoms with Crippen molar-refractivity contribution in [1.82, 2.24) is 9.97 Å². The van der Waals surface area contributed by atoms with Gasteiger partial charge in [-0.1, -0.05) is 25.7 Å². The summed E-state index contributed by atoms with van der Waals surface area (Å²) in [5.74, 6) is 1.05. The Bertz CT molecular complexity index is 1040. The number of carbonyl (C=O) groups is 1. The van der Waals surface area contributed by atoms with Crippen molar-refractivity contribution in [1.29, 1.82) is 5.41 Å². The van der Waals surface area contributed by atoms with E-state index in [9.17, 15) is 4.79 Å². The molecule has 2 aromatic heterocycles. The van der Waals surface area contributed by atoms with Crippen molar-refractivity contribution < 1.29 is 4.79 Å². The van der Waals surface area contributed by atoms with Crippen LogP contribution >= 0.6 is 0 Å². The number of nitrogens with one attached hydrogen (secondary N) is 2. The lowest BCUT2D eigenvalue weighted by molar-refractivity contribution is 0.111. The van der Waals surface area contributed by atoms with Crippen LogP contribution in [0.3, 0.4) is 0 Å². The molecule has 3 aliphatic rings. The molecule has 2 aliphatic carbocycles. The number of pyridine rings is 2. The number of aryl methyl sites for hydroxylation is 1. The summed E-state index contributed by atoms with van der Waals surface area (Å²) in [5, 5.41) is 12.8. The summed E-state index contributed by atoms with van der Waals surface area (Å²) in [6.07, 6.45) is 12.1. The van der Waals surface area contributed by atoms with Crippen molar-refractivity contribution in [2.24, 2.45) is 5.92 Å². The molecule has 0 aromatic carbocycles. The molecule has 0 atom stereocenters. The molecular weight excluding hydrogens is 424 g/mol. The van der Waals surface area contributed by atoms with E-state index in [1.807, 2.05) is 19.2 Å². The van der Waals surface area contributed by atoms with E-state index in [-0.39, 0.29) is 0 Å². The van der Waals surface area contributed by atoms with Gasteiger partial charge in [0.25, 0.3) is 0 Å². The van der Waals surface area contributed by atoms with Crippen LogP contribution in [0.4, 0.5) is 17.2 Å². The number of aldehydes is 1. The second-order valence-corrected chi connectivity index (χ2v) is 10.1. The molecule has 2 saturated carbocycles. The molecule has 0 unspecified atom stereocenters. The molecule has 1 aliphatic heterocycles. The zero-order chi connectivity index (χ0) is 23.5. The molecule has 180 valence electrons. The highest BCUT2D eigenvalue weighted by Crippen LogP contribution is 2.37. The molecule has 34 heavy (non-hydrogen) atoms. The van der Waals surface area contributed by atoms with Crippen LogP contribution in [0, 0.1) is 18.3 Å². The Balaban J connectivity index is 1.44. The fraction of sp³-hybridized carbons (Fsp3) is 0.556. The maximum atomic E-state index is 11.9. The van der Waals surface area contributed by atoms with Gasteiger partial charge in [0.2, 0.25) is 0 Å².